The molecule has 2 atom stereocenters. The average Bonchev–Trinajstić information content (AvgIpc) is 3.19. The van der Waals surface area contributed by atoms with Gasteiger partial charge in [0, 0.05) is 36.5 Å². The molecule has 3 aliphatic rings. The molecule has 32 heavy (non-hydrogen) atoms. The average molecular weight is 437 g/mol. The van der Waals surface area contributed by atoms with Crippen LogP contribution in [0.3, 0.4) is 0 Å². The van der Waals surface area contributed by atoms with Crippen molar-refractivity contribution in [2.75, 3.05) is 41.4 Å². The maximum Gasteiger partial charge on any atom is 0.230 e. The van der Waals surface area contributed by atoms with Gasteiger partial charge in [-0.1, -0.05) is 6.07 Å². The number of ether oxygens (including phenoxy) is 2. The number of carbonyl (C=O) groups excluding carboxylic acids is 1. The van der Waals surface area contributed by atoms with E-state index in [1.807, 2.05) is 17.0 Å². The van der Waals surface area contributed by atoms with E-state index in [4.69, 9.17) is 9.47 Å². The van der Waals surface area contributed by atoms with Crippen molar-refractivity contribution in [1.29, 1.82) is 0 Å². The lowest BCUT2D eigenvalue weighted by Crippen LogP contribution is -2.37. The van der Waals surface area contributed by atoms with Crippen LogP contribution in [0.25, 0.3) is 0 Å². The highest BCUT2D eigenvalue weighted by Gasteiger charge is 2.36. The number of hydrogen-bond donors (Lipinski definition) is 1. The van der Waals surface area contributed by atoms with Gasteiger partial charge in [0.15, 0.2) is 0 Å². The summed E-state index contributed by atoms with van der Waals surface area (Å²) in [7, 11) is 0. The highest BCUT2D eigenvalue weighted by atomic mass is 16.5. The minimum atomic E-state index is -0.0168. The maximum absolute atomic E-state index is 13.8. The van der Waals surface area contributed by atoms with Crippen LogP contribution in [0.1, 0.15) is 38.7 Å². The molecule has 5 rings (SSSR count). The first-order chi connectivity index (χ1) is 15.6. The fourth-order valence-corrected chi connectivity index (χ4v) is 5.02. The van der Waals surface area contributed by atoms with Gasteiger partial charge < -0.3 is 24.6 Å². The van der Waals surface area contributed by atoms with Crippen LogP contribution in [0.4, 0.5) is 22.9 Å². The number of fused-ring (bicyclic) bond motifs is 2. The molecule has 0 radical (unpaired) electrons. The first kappa shape index (κ1) is 21.2. The van der Waals surface area contributed by atoms with Crippen LogP contribution in [0.2, 0.25) is 0 Å². The molecule has 2 fully saturated rings. The van der Waals surface area contributed by atoms with Crippen molar-refractivity contribution in [3.63, 3.8) is 0 Å². The molecule has 1 aromatic carbocycles. The predicted molar refractivity (Wildman–Crippen MR) is 126 cm³/mol. The first-order valence-corrected chi connectivity index (χ1v) is 11.7. The van der Waals surface area contributed by atoms with E-state index in [1.54, 1.807) is 6.20 Å². The minimum absolute atomic E-state index is 0.0168. The third kappa shape index (κ3) is 4.32. The number of anilines is 4. The van der Waals surface area contributed by atoms with Gasteiger partial charge >= 0.3 is 0 Å². The fraction of sp³-hybridized carbons (Fsp3) is 0.520. The van der Waals surface area contributed by atoms with E-state index in [9.17, 15) is 4.79 Å². The molecule has 1 N–H and O–H groups in total. The number of aromatic nitrogens is 1. The van der Waals surface area contributed by atoms with Gasteiger partial charge in [0.1, 0.15) is 5.82 Å². The van der Waals surface area contributed by atoms with Crippen LogP contribution in [0, 0.1) is 5.92 Å². The molecule has 3 heterocycles. The molecule has 2 aromatic rings. The van der Waals surface area contributed by atoms with Crippen LogP contribution in [-0.2, 0) is 20.8 Å². The Morgan fingerprint density at radius 3 is 2.88 bits per heavy atom. The molecule has 7 nitrogen and oxygen atoms in total. The summed E-state index contributed by atoms with van der Waals surface area (Å²) in [6.45, 7) is 7.81. The second kappa shape index (κ2) is 9.08. The molecular weight excluding hydrogens is 404 g/mol. The van der Waals surface area contributed by atoms with E-state index in [0.29, 0.717) is 6.54 Å². The standard InChI is InChI=1S/C25H32N4O3/c1-17(2)32-21-7-5-18(14-21)25(30)29-16-19-4-3-9-26-24(19)27-22-8-6-20(15-23(22)29)28-10-12-31-13-11-28/h3-4,6,8-9,15,17-18,21H,5,7,10-14,16H2,1-2H3,(H,26,27)/t18-,21+/m0/s1. The van der Waals surface area contributed by atoms with Crippen LogP contribution in [0.15, 0.2) is 36.5 Å². The third-order valence-electron chi connectivity index (χ3n) is 6.59. The maximum atomic E-state index is 13.8. The molecule has 0 unspecified atom stereocenters. The lowest BCUT2D eigenvalue weighted by Gasteiger charge is -2.31. The molecule has 1 saturated heterocycles. The molecule has 1 amide bonds. The SMILES string of the molecule is CC(C)O[C@@H]1CC[C@H](C(=O)N2Cc3cccnc3Nc3ccc(N4CCOCC4)cc32)C1. The van der Waals surface area contributed by atoms with Crippen LogP contribution in [0.5, 0.6) is 0 Å². The Morgan fingerprint density at radius 2 is 2.06 bits per heavy atom. The summed E-state index contributed by atoms with van der Waals surface area (Å²) in [6, 6.07) is 10.3. The molecule has 170 valence electrons. The summed E-state index contributed by atoms with van der Waals surface area (Å²) >= 11 is 0. The number of rotatable bonds is 4. The number of amides is 1. The molecule has 1 saturated carbocycles. The van der Waals surface area contributed by atoms with Gasteiger partial charge in [-0.2, -0.15) is 0 Å². The van der Waals surface area contributed by atoms with E-state index in [2.05, 4.69) is 47.2 Å². The number of pyridine rings is 1. The summed E-state index contributed by atoms with van der Waals surface area (Å²) < 4.78 is 11.5. The van der Waals surface area contributed by atoms with E-state index in [-0.39, 0.29) is 24.0 Å². The summed E-state index contributed by atoms with van der Waals surface area (Å²) in [5.41, 5.74) is 3.99. The molecule has 0 bridgehead atoms. The molecule has 1 aliphatic carbocycles. The largest absolute Gasteiger partial charge is 0.378 e. The van der Waals surface area contributed by atoms with Crippen LogP contribution < -0.4 is 15.1 Å². The lowest BCUT2D eigenvalue weighted by molar-refractivity contribution is -0.122. The van der Waals surface area contributed by atoms with Crippen LogP contribution in [-0.4, -0.2) is 49.4 Å². The smallest absolute Gasteiger partial charge is 0.230 e. The molecule has 7 heteroatoms. The predicted octanol–water partition coefficient (Wildman–Crippen LogP) is 4.10. The Balaban J connectivity index is 1.47. The minimum Gasteiger partial charge on any atom is -0.378 e. The van der Waals surface area contributed by atoms with Gasteiger partial charge in [-0.05, 0) is 57.4 Å². The van der Waals surface area contributed by atoms with Crippen molar-refractivity contribution in [2.24, 2.45) is 5.92 Å². The topological polar surface area (TPSA) is 66.9 Å². The summed E-state index contributed by atoms with van der Waals surface area (Å²) in [4.78, 5) is 22.6. The zero-order chi connectivity index (χ0) is 22.1. The Labute approximate surface area is 189 Å². The second-order valence-electron chi connectivity index (χ2n) is 9.18. The number of benzene rings is 1. The summed E-state index contributed by atoms with van der Waals surface area (Å²) in [5.74, 6) is 0.978. The Kier molecular flexibility index (Phi) is 6.02. The van der Waals surface area contributed by atoms with Gasteiger partial charge in [-0.25, -0.2) is 4.98 Å². The fourth-order valence-electron chi connectivity index (χ4n) is 5.02. The molecular formula is C25H32N4O3. The molecule has 1 aromatic heterocycles. The quantitative estimate of drug-likeness (QED) is 0.778. The van der Waals surface area contributed by atoms with E-state index in [0.717, 1.165) is 74.0 Å². The van der Waals surface area contributed by atoms with E-state index < -0.39 is 0 Å². The van der Waals surface area contributed by atoms with Crippen molar-refractivity contribution in [3.05, 3.63) is 42.1 Å². The number of nitrogens with one attached hydrogen (secondary N) is 1. The summed E-state index contributed by atoms with van der Waals surface area (Å²) in [5, 5.41) is 3.47. The van der Waals surface area contributed by atoms with Gasteiger partial charge in [0.25, 0.3) is 0 Å². The van der Waals surface area contributed by atoms with Crippen molar-refractivity contribution < 1.29 is 14.3 Å². The van der Waals surface area contributed by atoms with Crippen molar-refractivity contribution >= 4 is 28.8 Å². The number of carbonyl (C=O) groups is 1. The molecule has 0 spiro atoms. The normalized spacial score (nSPS) is 22.8. The number of nitrogens with zero attached hydrogens (tertiary/aromatic N) is 3. The van der Waals surface area contributed by atoms with E-state index in [1.165, 1.54) is 0 Å². The van der Waals surface area contributed by atoms with Gasteiger partial charge in [-0.3, -0.25) is 4.79 Å². The Hall–Kier alpha value is -2.64. The molecule has 2 aliphatic heterocycles. The highest BCUT2D eigenvalue weighted by Crippen LogP contribution is 2.40. The highest BCUT2D eigenvalue weighted by molar-refractivity contribution is 6.00. The Bertz CT molecular complexity index is 973. The first-order valence-electron chi connectivity index (χ1n) is 11.7. The van der Waals surface area contributed by atoms with Gasteiger partial charge in [0.05, 0.1) is 43.3 Å². The van der Waals surface area contributed by atoms with Crippen molar-refractivity contribution in [3.8, 4) is 0 Å². The van der Waals surface area contributed by atoms with E-state index >= 15 is 0 Å². The lowest BCUT2D eigenvalue weighted by atomic mass is 10.0. The Morgan fingerprint density at radius 1 is 1.22 bits per heavy atom. The monoisotopic (exact) mass is 436 g/mol. The third-order valence-corrected chi connectivity index (χ3v) is 6.59. The van der Waals surface area contributed by atoms with Crippen LogP contribution >= 0.6 is 0 Å². The van der Waals surface area contributed by atoms with Gasteiger partial charge in [-0.15, -0.1) is 0 Å². The second-order valence-corrected chi connectivity index (χ2v) is 9.18. The number of hydrogen-bond acceptors (Lipinski definition) is 6. The zero-order valence-corrected chi connectivity index (χ0v) is 18.9. The van der Waals surface area contributed by atoms with Gasteiger partial charge in [0.2, 0.25) is 5.91 Å². The van der Waals surface area contributed by atoms with Crippen molar-refractivity contribution in [1.82, 2.24) is 4.98 Å². The summed E-state index contributed by atoms with van der Waals surface area (Å²) in [6.07, 6.45) is 4.75. The zero-order valence-electron chi connectivity index (χ0n) is 18.9. The number of morpholine rings is 1. The van der Waals surface area contributed by atoms with Crippen molar-refractivity contribution in [2.45, 2.75) is 51.9 Å².